The first-order valence-electron chi connectivity index (χ1n) is 11.2. The molecule has 0 aliphatic carbocycles. The second-order valence-corrected chi connectivity index (χ2v) is 8.22. The van der Waals surface area contributed by atoms with Gasteiger partial charge < -0.3 is 14.2 Å². The quantitative estimate of drug-likeness (QED) is 0.320. The Bertz CT molecular complexity index is 1340. The number of fused-ring (bicyclic) bond motifs is 1. The average Bonchev–Trinajstić information content (AvgIpc) is 3.27. The minimum absolute atomic E-state index is 0.283. The van der Waals surface area contributed by atoms with Crippen molar-refractivity contribution in [2.75, 3.05) is 36.6 Å². The lowest BCUT2D eigenvalue weighted by molar-refractivity contribution is -0.0256. The number of benzene rings is 1. The second kappa shape index (κ2) is 9.71. The predicted molar refractivity (Wildman–Crippen MR) is 129 cm³/mol. The molecule has 0 saturated carbocycles. The van der Waals surface area contributed by atoms with E-state index in [9.17, 15) is 0 Å². The number of hydrazone groups is 1. The zero-order valence-corrected chi connectivity index (χ0v) is 19.1. The number of halogens is 2. The maximum Gasteiger partial charge on any atom is 0.307 e. The van der Waals surface area contributed by atoms with Crippen molar-refractivity contribution in [3.8, 4) is 0 Å². The summed E-state index contributed by atoms with van der Waals surface area (Å²) in [5.41, 5.74) is 5.27. The van der Waals surface area contributed by atoms with E-state index < -0.39 is 12.5 Å². The van der Waals surface area contributed by atoms with Crippen LogP contribution in [0, 0.1) is 6.92 Å². The standard InChI is InChI=1S/C24H24F2N8O/c1-17-5-4-6-18(13-17)14-29-32-21-20-22(31-23(30-21)33-9-11-35-12-10-33)34(16-28-20)15-24(25,26)19-7-2-3-8-27-19/h2-8,13-14,16H,9-12,15H2,1H3,(H,30,31,32)/b29-14+. The number of pyridine rings is 1. The van der Waals surface area contributed by atoms with E-state index >= 15 is 8.78 Å². The van der Waals surface area contributed by atoms with Gasteiger partial charge in [0.15, 0.2) is 17.0 Å². The third-order valence-electron chi connectivity index (χ3n) is 5.58. The van der Waals surface area contributed by atoms with E-state index in [4.69, 9.17) is 4.74 Å². The van der Waals surface area contributed by atoms with Gasteiger partial charge in [-0.25, -0.2) is 4.98 Å². The molecule has 4 aromatic rings. The molecule has 1 aliphatic heterocycles. The van der Waals surface area contributed by atoms with Crippen molar-refractivity contribution in [3.05, 3.63) is 71.8 Å². The van der Waals surface area contributed by atoms with Crippen LogP contribution in [0.2, 0.25) is 0 Å². The molecule has 11 heteroatoms. The molecule has 180 valence electrons. The Morgan fingerprint density at radius 3 is 2.74 bits per heavy atom. The molecular weight excluding hydrogens is 454 g/mol. The molecule has 1 aliphatic rings. The van der Waals surface area contributed by atoms with E-state index in [1.807, 2.05) is 36.1 Å². The van der Waals surface area contributed by atoms with Gasteiger partial charge in [0.25, 0.3) is 0 Å². The molecule has 0 amide bonds. The molecule has 3 aromatic heterocycles. The molecule has 0 bridgehead atoms. The average molecular weight is 479 g/mol. The van der Waals surface area contributed by atoms with Crippen LogP contribution in [-0.4, -0.2) is 57.0 Å². The summed E-state index contributed by atoms with van der Waals surface area (Å²) in [6, 6.07) is 12.3. The van der Waals surface area contributed by atoms with E-state index in [-0.39, 0.29) is 11.3 Å². The first kappa shape index (κ1) is 22.8. The van der Waals surface area contributed by atoms with Gasteiger partial charge in [-0.1, -0.05) is 35.9 Å². The fraction of sp³-hybridized carbons (Fsp3) is 0.292. The molecule has 5 rings (SSSR count). The van der Waals surface area contributed by atoms with Gasteiger partial charge in [-0.15, -0.1) is 0 Å². The summed E-state index contributed by atoms with van der Waals surface area (Å²) < 4.78 is 36.8. The number of rotatable bonds is 7. The zero-order chi connectivity index (χ0) is 24.3. The Hall–Kier alpha value is -3.99. The van der Waals surface area contributed by atoms with Crippen molar-refractivity contribution in [2.45, 2.75) is 19.4 Å². The van der Waals surface area contributed by atoms with Crippen molar-refractivity contribution in [2.24, 2.45) is 5.10 Å². The van der Waals surface area contributed by atoms with Crippen LogP contribution in [0.3, 0.4) is 0 Å². The first-order valence-corrected chi connectivity index (χ1v) is 11.2. The molecule has 0 spiro atoms. The van der Waals surface area contributed by atoms with Crippen molar-refractivity contribution in [1.82, 2.24) is 24.5 Å². The van der Waals surface area contributed by atoms with Gasteiger partial charge in [0, 0.05) is 19.3 Å². The van der Waals surface area contributed by atoms with Gasteiger partial charge in [-0.3, -0.25) is 10.4 Å². The van der Waals surface area contributed by atoms with E-state index in [1.165, 1.54) is 29.2 Å². The number of nitrogens with zero attached hydrogens (tertiary/aromatic N) is 7. The Morgan fingerprint density at radius 2 is 1.97 bits per heavy atom. The smallest absolute Gasteiger partial charge is 0.307 e. The molecule has 0 radical (unpaired) electrons. The highest BCUT2D eigenvalue weighted by Crippen LogP contribution is 2.31. The van der Waals surface area contributed by atoms with Crippen LogP contribution >= 0.6 is 0 Å². The number of imidazole rings is 1. The number of aromatic nitrogens is 5. The van der Waals surface area contributed by atoms with Crippen LogP contribution in [0.15, 0.2) is 60.1 Å². The molecule has 1 aromatic carbocycles. The predicted octanol–water partition coefficient (Wildman–Crippen LogP) is 3.60. The number of hydrogen-bond acceptors (Lipinski definition) is 8. The zero-order valence-electron chi connectivity index (χ0n) is 19.1. The van der Waals surface area contributed by atoms with Crippen LogP contribution in [0.1, 0.15) is 16.8 Å². The van der Waals surface area contributed by atoms with Crippen molar-refractivity contribution in [1.29, 1.82) is 0 Å². The summed E-state index contributed by atoms with van der Waals surface area (Å²) >= 11 is 0. The number of alkyl halides is 2. The third kappa shape index (κ3) is 5.09. The summed E-state index contributed by atoms with van der Waals surface area (Å²) in [6.07, 6.45) is 4.36. The molecule has 1 saturated heterocycles. The lowest BCUT2D eigenvalue weighted by Crippen LogP contribution is -2.37. The van der Waals surface area contributed by atoms with Crippen molar-refractivity contribution < 1.29 is 13.5 Å². The number of hydrogen-bond donors (Lipinski definition) is 1. The maximum absolute atomic E-state index is 15.0. The Labute approximate surface area is 200 Å². The normalized spacial score (nSPS) is 14.7. The summed E-state index contributed by atoms with van der Waals surface area (Å²) in [5.74, 6) is -2.48. The molecule has 0 atom stereocenters. The lowest BCUT2D eigenvalue weighted by Gasteiger charge is -2.27. The third-order valence-corrected chi connectivity index (χ3v) is 5.58. The number of anilines is 2. The highest BCUT2D eigenvalue weighted by atomic mass is 19.3. The second-order valence-electron chi connectivity index (χ2n) is 8.22. The van der Waals surface area contributed by atoms with Crippen LogP contribution in [-0.2, 0) is 17.2 Å². The number of ether oxygens (including phenoxy) is 1. The Kier molecular flexibility index (Phi) is 6.32. The highest BCUT2D eigenvalue weighted by Gasteiger charge is 2.34. The first-order chi connectivity index (χ1) is 17.0. The van der Waals surface area contributed by atoms with Gasteiger partial charge in [0.1, 0.15) is 5.69 Å². The summed E-state index contributed by atoms with van der Waals surface area (Å²) in [6.45, 7) is 3.59. The Morgan fingerprint density at radius 1 is 1.11 bits per heavy atom. The highest BCUT2D eigenvalue weighted by molar-refractivity contribution is 5.86. The van der Waals surface area contributed by atoms with Crippen molar-refractivity contribution >= 4 is 29.1 Å². The summed E-state index contributed by atoms with van der Waals surface area (Å²) in [4.78, 5) is 19.3. The fourth-order valence-corrected chi connectivity index (χ4v) is 3.82. The topological polar surface area (TPSA) is 93.4 Å². The fourth-order valence-electron chi connectivity index (χ4n) is 3.82. The summed E-state index contributed by atoms with van der Waals surface area (Å²) in [5, 5.41) is 4.30. The van der Waals surface area contributed by atoms with Crippen LogP contribution in [0.5, 0.6) is 0 Å². The van der Waals surface area contributed by atoms with Crippen LogP contribution < -0.4 is 10.3 Å². The molecule has 1 N–H and O–H groups in total. The van der Waals surface area contributed by atoms with Crippen molar-refractivity contribution in [3.63, 3.8) is 0 Å². The molecular formula is C24H24F2N8O. The lowest BCUT2D eigenvalue weighted by atomic mass is 10.2. The number of morpholine rings is 1. The van der Waals surface area contributed by atoms with E-state index in [0.29, 0.717) is 43.6 Å². The van der Waals surface area contributed by atoms with E-state index in [1.54, 1.807) is 12.3 Å². The maximum atomic E-state index is 15.0. The van der Waals surface area contributed by atoms with E-state index in [0.717, 1.165) is 11.1 Å². The molecule has 4 heterocycles. The molecule has 9 nitrogen and oxygen atoms in total. The number of nitrogens with one attached hydrogen (secondary N) is 1. The molecule has 1 fully saturated rings. The minimum Gasteiger partial charge on any atom is -0.378 e. The van der Waals surface area contributed by atoms with Gasteiger partial charge in [0.05, 0.1) is 32.3 Å². The van der Waals surface area contributed by atoms with Gasteiger partial charge in [0.2, 0.25) is 5.95 Å². The van der Waals surface area contributed by atoms with Gasteiger partial charge in [-0.2, -0.15) is 23.9 Å². The van der Waals surface area contributed by atoms with Crippen LogP contribution in [0.4, 0.5) is 20.5 Å². The monoisotopic (exact) mass is 478 g/mol. The summed E-state index contributed by atoms with van der Waals surface area (Å²) in [7, 11) is 0. The van der Waals surface area contributed by atoms with E-state index in [2.05, 4.69) is 30.5 Å². The Balaban J connectivity index is 1.50. The molecule has 35 heavy (non-hydrogen) atoms. The van der Waals surface area contributed by atoms with Gasteiger partial charge in [-0.05, 0) is 24.6 Å². The number of aryl methyl sites for hydroxylation is 1. The van der Waals surface area contributed by atoms with Crippen LogP contribution in [0.25, 0.3) is 11.2 Å². The largest absolute Gasteiger partial charge is 0.378 e. The molecule has 0 unspecified atom stereocenters. The minimum atomic E-state index is -3.21. The van der Waals surface area contributed by atoms with Gasteiger partial charge >= 0.3 is 5.92 Å². The SMILES string of the molecule is Cc1cccc(/C=N/Nc2nc(N3CCOCC3)nc3c2ncn3CC(F)(F)c2ccccn2)c1.